The van der Waals surface area contributed by atoms with Crippen molar-refractivity contribution in [3.8, 4) is 0 Å². The fourth-order valence-electron chi connectivity index (χ4n) is 1.30. The molecule has 0 aliphatic carbocycles. The van der Waals surface area contributed by atoms with Gasteiger partial charge >= 0.3 is 12.1 Å². The maximum Gasteiger partial charge on any atom is 0.491 e. The number of carbonyl (C=O) groups excluding carboxylic acids is 1. The van der Waals surface area contributed by atoms with E-state index < -0.39 is 18.4 Å². The van der Waals surface area contributed by atoms with E-state index in [1.807, 2.05) is 0 Å². The van der Waals surface area contributed by atoms with Crippen molar-refractivity contribution in [1.29, 1.82) is 0 Å². The number of allylic oxidation sites excluding steroid dienone is 1. The van der Waals surface area contributed by atoms with Crippen LogP contribution in [0.2, 0.25) is 0 Å². The molecule has 0 spiro atoms. The number of hydrogen-bond acceptors (Lipinski definition) is 3. The predicted molar refractivity (Wildman–Crippen MR) is 49.2 cm³/mol. The minimum absolute atomic E-state index is 0.284. The van der Waals surface area contributed by atoms with Gasteiger partial charge in [-0.25, -0.2) is 4.79 Å². The molecule has 1 heterocycles. The fraction of sp³-hybridized carbons (Fsp3) is 0.700. The highest BCUT2D eigenvalue weighted by Gasteiger charge is 2.42. The van der Waals surface area contributed by atoms with Crippen molar-refractivity contribution >= 4 is 5.97 Å². The molecule has 1 atom stereocenters. The Hall–Kier alpha value is -1.20. The van der Waals surface area contributed by atoms with Crippen molar-refractivity contribution in [2.45, 2.75) is 44.6 Å². The zero-order valence-electron chi connectivity index (χ0n) is 8.63. The summed E-state index contributed by atoms with van der Waals surface area (Å²) in [5.41, 5.74) is 0. The highest BCUT2D eigenvalue weighted by Crippen LogP contribution is 2.20. The molecule has 1 aliphatic rings. The van der Waals surface area contributed by atoms with Crippen LogP contribution in [0.1, 0.15) is 32.1 Å². The summed E-state index contributed by atoms with van der Waals surface area (Å²) < 4.78 is 44.9. The summed E-state index contributed by atoms with van der Waals surface area (Å²) in [5.74, 6) is -2.20. The molecule has 92 valence electrons. The molecule has 0 fully saturated rings. The van der Waals surface area contributed by atoms with Crippen LogP contribution in [0.4, 0.5) is 13.2 Å². The Labute approximate surface area is 91.2 Å². The lowest BCUT2D eigenvalue weighted by Crippen LogP contribution is -2.30. The summed E-state index contributed by atoms with van der Waals surface area (Å²) >= 11 is 0. The molecule has 0 aromatic heterocycles. The van der Waals surface area contributed by atoms with Crippen LogP contribution in [-0.4, -0.2) is 18.4 Å². The first kappa shape index (κ1) is 12.9. The third-order valence-electron chi connectivity index (χ3n) is 2.11. The molecule has 0 saturated heterocycles. The quantitative estimate of drug-likeness (QED) is 0.659. The van der Waals surface area contributed by atoms with Crippen LogP contribution in [0.5, 0.6) is 0 Å². The number of rotatable bonds is 1. The van der Waals surface area contributed by atoms with E-state index in [0.29, 0.717) is 6.42 Å². The molecule has 6 heteroatoms. The van der Waals surface area contributed by atoms with Crippen molar-refractivity contribution in [2.75, 3.05) is 0 Å². The van der Waals surface area contributed by atoms with Gasteiger partial charge in [0, 0.05) is 6.42 Å². The molecule has 0 N–H and O–H groups in total. The van der Waals surface area contributed by atoms with Crippen LogP contribution in [-0.2, 0) is 14.3 Å². The smallest absolute Gasteiger partial charge is 0.463 e. The second-order valence-electron chi connectivity index (χ2n) is 3.48. The Morgan fingerprint density at radius 1 is 1.31 bits per heavy atom. The molecule has 1 aliphatic heterocycles. The Bertz CT molecular complexity index is 261. The van der Waals surface area contributed by atoms with Crippen LogP contribution in [0, 0.1) is 0 Å². The molecule has 1 unspecified atom stereocenters. The first-order chi connectivity index (χ1) is 7.50. The zero-order valence-corrected chi connectivity index (χ0v) is 8.63. The summed E-state index contributed by atoms with van der Waals surface area (Å²) in [7, 11) is 0. The monoisotopic (exact) mass is 238 g/mol. The van der Waals surface area contributed by atoms with Crippen LogP contribution in [0.15, 0.2) is 12.3 Å². The average molecular weight is 238 g/mol. The van der Waals surface area contributed by atoms with Gasteiger partial charge in [0.05, 0.1) is 6.26 Å². The number of carbonyl (C=O) groups is 1. The summed E-state index contributed by atoms with van der Waals surface area (Å²) in [4.78, 5) is 10.6. The van der Waals surface area contributed by atoms with Gasteiger partial charge < -0.3 is 9.47 Å². The molecule has 0 bridgehead atoms. The van der Waals surface area contributed by atoms with Crippen LogP contribution in [0.25, 0.3) is 0 Å². The number of ether oxygens (including phenoxy) is 2. The molecule has 0 aromatic rings. The normalized spacial score (nSPS) is 24.6. The second kappa shape index (κ2) is 5.77. The molecule has 3 nitrogen and oxygen atoms in total. The summed E-state index contributed by atoms with van der Waals surface area (Å²) in [5, 5.41) is 0. The topological polar surface area (TPSA) is 35.5 Å². The number of hydrogen-bond donors (Lipinski definition) is 0. The third kappa shape index (κ3) is 4.55. The van der Waals surface area contributed by atoms with E-state index in [9.17, 15) is 18.0 Å². The molecule has 0 radical (unpaired) electrons. The van der Waals surface area contributed by atoms with Gasteiger partial charge in [0.1, 0.15) is 0 Å². The lowest BCUT2D eigenvalue weighted by molar-refractivity contribution is -0.220. The van der Waals surface area contributed by atoms with Gasteiger partial charge in [0.2, 0.25) is 6.29 Å². The van der Waals surface area contributed by atoms with E-state index in [1.165, 1.54) is 6.26 Å². The molecule has 0 amide bonds. The lowest BCUT2D eigenvalue weighted by Gasteiger charge is -2.17. The highest BCUT2D eigenvalue weighted by atomic mass is 19.4. The van der Waals surface area contributed by atoms with Crippen molar-refractivity contribution in [3.05, 3.63) is 12.3 Å². The maximum absolute atomic E-state index is 11.9. The Balaban J connectivity index is 2.47. The summed E-state index contributed by atoms with van der Waals surface area (Å²) in [6.45, 7) is 0. The van der Waals surface area contributed by atoms with Crippen molar-refractivity contribution < 1.29 is 27.4 Å². The van der Waals surface area contributed by atoms with E-state index in [4.69, 9.17) is 4.74 Å². The van der Waals surface area contributed by atoms with Crippen LogP contribution >= 0.6 is 0 Å². The van der Waals surface area contributed by atoms with Crippen molar-refractivity contribution in [2.24, 2.45) is 0 Å². The maximum atomic E-state index is 11.9. The van der Waals surface area contributed by atoms with Crippen LogP contribution < -0.4 is 0 Å². The molecular weight excluding hydrogens is 225 g/mol. The SMILES string of the molecule is O=C(OC1CCCCC/C=C\O1)C(F)(F)F. The Morgan fingerprint density at radius 3 is 2.75 bits per heavy atom. The summed E-state index contributed by atoms with van der Waals surface area (Å²) in [6, 6.07) is 0. The lowest BCUT2D eigenvalue weighted by atomic mass is 10.1. The highest BCUT2D eigenvalue weighted by molar-refractivity contribution is 5.75. The summed E-state index contributed by atoms with van der Waals surface area (Å²) in [6.07, 6.45) is 0.519. The first-order valence-electron chi connectivity index (χ1n) is 5.08. The van der Waals surface area contributed by atoms with Gasteiger partial charge in [-0.15, -0.1) is 0 Å². The third-order valence-corrected chi connectivity index (χ3v) is 2.11. The standard InChI is InChI=1S/C10H13F3O3/c11-10(12,13)9(14)16-8-6-4-2-1-3-5-7-15-8/h5,7-8H,1-4,6H2/b7-5-. The van der Waals surface area contributed by atoms with E-state index in [1.54, 1.807) is 6.08 Å². The predicted octanol–water partition coefficient (Wildman–Crippen LogP) is 2.91. The minimum atomic E-state index is -4.97. The van der Waals surface area contributed by atoms with Crippen molar-refractivity contribution in [3.63, 3.8) is 0 Å². The Morgan fingerprint density at radius 2 is 2.06 bits per heavy atom. The largest absolute Gasteiger partial charge is 0.491 e. The van der Waals surface area contributed by atoms with Gasteiger partial charge in [0.25, 0.3) is 0 Å². The first-order valence-corrected chi connectivity index (χ1v) is 5.08. The van der Waals surface area contributed by atoms with Gasteiger partial charge in [-0.2, -0.15) is 13.2 Å². The molecule has 0 saturated carbocycles. The van der Waals surface area contributed by atoms with Gasteiger partial charge in [-0.3, -0.25) is 0 Å². The zero-order chi connectivity index (χ0) is 12.0. The second-order valence-corrected chi connectivity index (χ2v) is 3.48. The van der Waals surface area contributed by atoms with E-state index in [2.05, 4.69) is 4.74 Å². The van der Waals surface area contributed by atoms with Gasteiger partial charge in [-0.1, -0.05) is 6.42 Å². The van der Waals surface area contributed by atoms with E-state index in [-0.39, 0.29) is 6.42 Å². The van der Waals surface area contributed by atoms with Gasteiger partial charge in [-0.05, 0) is 25.3 Å². The minimum Gasteiger partial charge on any atom is -0.463 e. The van der Waals surface area contributed by atoms with Crippen LogP contribution in [0.3, 0.4) is 0 Å². The number of halogens is 3. The molecular formula is C10H13F3O3. The fourth-order valence-corrected chi connectivity index (χ4v) is 1.30. The Kier molecular flexibility index (Phi) is 4.64. The number of esters is 1. The number of alkyl halides is 3. The van der Waals surface area contributed by atoms with Gasteiger partial charge in [0.15, 0.2) is 0 Å². The van der Waals surface area contributed by atoms with Crippen molar-refractivity contribution in [1.82, 2.24) is 0 Å². The molecule has 16 heavy (non-hydrogen) atoms. The molecule has 0 aromatic carbocycles. The molecule has 1 rings (SSSR count). The van der Waals surface area contributed by atoms with E-state index in [0.717, 1.165) is 19.3 Å². The van der Waals surface area contributed by atoms with E-state index >= 15 is 0 Å². The average Bonchev–Trinajstić information content (AvgIpc) is 2.30.